The van der Waals surface area contributed by atoms with Crippen molar-refractivity contribution in [2.24, 2.45) is 0 Å². The van der Waals surface area contributed by atoms with Crippen LogP contribution in [0.5, 0.6) is 0 Å². The molecule has 0 saturated carbocycles. The molecule has 0 aliphatic carbocycles. The zero-order valence-electron chi connectivity index (χ0n) is 10.6. The van der Waals surface area contributed by atoms with Gasteiger partial charge in [-0.25, -0.2) is 4.98 Å². The molecule has 0 bridgehead atoms. The van der Waals surface area contributed by atoms with E-state index in [0.717, 1.165) is 26.0 Å². The van der Waals surface area contributed by atoms with Crippen molar-refractivity contribution in [1.82, 2.24) is 4.98 Å². The number of thiazole rings is 1. The smallest absolute Gasteiger partial charge is 0.151 e. The number of aromatic nitrogens is 1. The highest BCUT2D eigenvalue weighted by Gasteiger charge is 2.05. The van der Waals surface area contributed by atoms with Gasteiger partial charge in [-0.1, -0.05) is 41.6 Å². The number of benzene rings is 2. The Hall–Kier alpha value is -1.52. The van der Waals surface area contributed by atoms with Crippen LogP contribution in [-0.4, -0.2) is 4.98 Å². The Labute approximate surface area is 120 Å². The summed E-state index contributed by atoms with van der Waals surface area (Å²) in [5.74, 6) is 0.955. The largest absolute Gasteiger partial charge is 0.399 e. The Bertz CT molecular complexity index is 719. The number of thioether (sulfide) groups is 1. The number of hydrogen-bond donors (Lipinski definition) is 1. The highest BCUT2D eigenvalue weighted by molar-refractivity contribution is 8.00. The minimum Gasteiger partial charge on any atom is -0.399 e. The van der Waals surface area contributed by atoms with Gasteiger partial charge in [0.1, 0.15) is 0 Å². The summed E-state index contributed by atoms with van der Waals surface area (Å²) in [4.78, 5) is 4.62. The second kappa shape index (κ2) is 5.23. The maximum atomic E-state index is 5.79. The van der Waals surface area contributed by atoms with Gasteiger partial charge in [-0.15, -0.1) is 11.3 Å². The van der Waals surface area contributed by atoms with Crippen molar-refractivity contribution in [3.05, 3.63) is 53.6 Å². The lowest BCUT2D eigenvalue weighted by atomic mass is 10.2. The highest BCUT2D eigenvalue weighted by atomic mass is 32.2. The van der Waals surface area contributed by atoms with Gasteiger partial charge in [0.05, 0.1) is 10.2 Å². The van der Waals surface area contributed by atoms with Gasteiger partial charge in [-0.3, -0.25) is 0 Å². The summed E-state index contributed by atoms with van der Waals surface area (Å²) in [6.45, 7) is 2.12. The summed E-state index contributed by atoms with van der Waals surface area (Å²) >= 11 is 3.49. The highest BCUT2D eigenvalue weighted by Crippen LogP contribution is 2.32. The lowest BCUT2D eigenvalue weighted by Gasteiger charge is -1.99. The normalized spacial score (nSPS) is 11.0. The Morgan fingerprint density at radius 3 is 2.95 bits per heavy atom. The van der Waals surface area contributed by atoms with Crippen LogP contribution in [0.2, 0.25) is 0 Å². The molecule has 4 heteroatoms. The first kappa shape index (κ1) is 12.5. The topological polar surface area (TPSA) is 38.9 Å². The van der Waals surface area contributed by atoms with E-state index < -0.39 is 0 Å². The summed E-state index contributed by atoms with van der Waals surface area (Å²) < 4.78 is 2.26. The molecular formula is C15H14N2S2. The van der Waals surface area contributed by atoms with E-state index in [2.05, 4.69) is 36.2 Å². The van der Waals surface area contributed by atoms with Crippen molar-refractivity contribution in [2.75, 3.05) is 5.73 Å². The molecule has 0 saturated heterocycles. The van der Waals surface area contributed by atoms with Crippen molar-refractivity contribution in [3.8, 4) is 0 Å². The molecule has 1 heterocycles. The van der Waals surface area contributed by atoms with E-state index in [4.69, 9.17) is 5.73 Å². The third-order valence-electron chi connectivity index (χ3n) is 2.84. The Kier molecular flexibility index (Phi) is 3.44. The lowest BCUT2D eigenvalue weighted by Crippen LogP contribution is -1.82. The summed E-state index contributed by atoms with van der Waals surface area (Å²) in [5, 5.41) is 0. The minimum atomic E-state index is 0.798. The van der Waals surface area contributed by atoms with Crippen molar-refractivity contribution in [1.29, 1.82) is 0 Å². The molecule has 0 unspecified atom stereocenters. The molecule has 2 N–H and O–H groups in total. The standard InChI is InChI=1S/C15H14N2S2/c1-10-3-2-4-11(7-10)9-18-15-17-13-6-5-12(16)8-14(13)19-15/h2-8H,9,16H2,1H3. The van der Waals surface area contributed by atoms with E-state index in [0.29, 0.717) is 0 Å². The summed E-state index contributed by atoms with van der Waals surface area (Å²) in [5.41, 5.74) is 10.3. The summed E-state index contributed by atoms with van der Waals surface area (Å²) in [6.07, 6.45) is 0. The molecule has 2 aromatic carbocycles. The van der Waals surface area contributed by atoms with Gasteiger partial charge in [0.2, 0.25) is 0 Å². The van der Waals surface area contributed by atoms with E-state index in [-0.39, 0.29) is 0 Å². The number of aryl methyl sites for hydroxylation is 1. The van der Waals surface area contributed by atoms with Crippen LogP contribution in [0.25, 0.3) is 10.2 Å². The van der Waals surface area contributed by atoms with Gasteiger partial charge in [0, 0.05) is 11.4 Å². The molecule has 0 aliphatic heterocycles. The molecule has 1 aromatic heterocycles. The maximum Gasteiger partial charge on any atom is 0.151 e. The number of nitrogen functional groups attached to an aromatic ring is 1. The van der Waals surface area contributed by atoms with Crippen LogP contribution < -0.4 is 5.73 Å². The number of anilines is 1. The quantitative estimate of drug-likeness (QED) is 0.570. The van der Waals surface area contributed by atoms with Crippen molar-refractivity contribution in [2.45, 2.75) is 17.0 Å². The number of nitrogens with two attached hydrogens (primary N) is 1. The van der Waals surface area contributed by atoms with E-state index in [1.165, 1.54) is 11.1 Å². The average Bonchev–Trinajstić information content (AvgIpc) is 2.78. The van der Waals surface area contributed by atoms with Crippen LogP contribution in [-0.2, 0) is 5.75 Å². The van der Waals surface area contributed by atoms with Crippen molar-refractivity contribution >= 4 is 39.0 Å². The second-order valence-electron chi connectivity index (χ2n) is 4.48. The molecule has 19 heavy (non-hydrogen) atoms. The monoisotopic (exact) mass is 286 g/mol. The zero-order chi connectivity index (χ0) is 13.2. The maximum absolute atomic E-state index is 5.79. The predicted molar refractivity (Wildman–Crippen MR) is 84.8 cm³/mol. The van der Waals surface area contributed by atoms with Gasteiger partial charge >= 0.3 is 0 Å². The molecule has 0 fully saturated rings. The SMILES string of the molecule is Cc1cccc(CSc2nc3ccc(N)cc3s2)c1. The summed E-state index contributed by atoms with van der Waals surface area (Å²) in [6, 6.07) is 14.5. The van der Waals surface area contributed by atoms with Gasteiger partial charge in [-0.05, 0) is 30.7 Å². The van der Waals surface area contributed by atoms with Crippen molar-refractivity contribution < 1.29 is 0 Å². The van der Waals surface area contributed by atoms with E-state index in [1.54, 1.807) is 23.1 Å². The molecule has 0 atom stereocenters. The summed E-state index contributed by atoms with van der Waals surface area (Å²) in [7, 11) is 0. The first-order valence-electron chi connectivity index (χ1n) is 6.05. The number of rotatable bonds is 3. The third kappa shape index (κ3) is 2.91. The molecule has 3 aromatic rings. The first-order valence-corrected chi connectivity index (χ1v) is 7.85. The fraction of sp³-hybridized carbons (Fsp3) is 0.133. The Balaban J connectivity index is 1.78. The average molecular weight is 286 g/mol. The van der Waals surface area contributed by atoms with Gasteiger partial charge < -0.3 is 5.73 Å². The first-order chi connectivity index (χ1) is 9.20. The molecule has 0 spiro atoms. The Morgan fingerprint density at radius 2 is 2.11 bits per heavy atom. The lowest BCUT2D eigenvalue weighted by molar-refractivity contribution is 1.28. The molecule has 96 valence electrons. The number of nitrogens with zero attached hydrogens (tertiary/aromatic N) is 1. The van der Waals surface area contributed by atoms with Crippen LogP contribution in [0.1, 0.15) is 11.1 Å². The molecule has 0 radical (unpaired) electrons. The fourth-order valence-corrected chi connectivity index (χ4v) is 3.99. The number of hydrogen-bond acceptors (Lipinski definition) is 4. The predicted octanol–water partition coefficient (Wildman–Crippen LogP) is 4.48. The van der Waals surface area contributed by atoms with Crippen LogP contribution in [0.3, 0.4) is 0 Å². The molecule has 3 rings (SSSR count). The van der Waals surface area contributed by atoms with E-state index in [9.17, 15) is 0 Å². The molecular weight excluding hydrogens is 272 g/mol. The van der Waals surface area contributed by atoms with Crippen LogP contribution in [0.4, 0.5) is 5.69 Å². The van der Waals surface area contributed by atoms with Crippen LogP contribution in [0.15, 0.2) is 46.8 Å². The molecule has 0 aliphatic rings. The van der Waals surface area contributed by atoms with Crippen molar-refractivity contribution in [3.63, 3.8) is 0 Å². The number of fused-ring (bicyclic) bond motifs is 1. The van der Waals surface area contributed by atoms with Crippen LogP contribution >= 0.6 is 23.1 Å². The van der Waals surface area contributed by atoms with E-state index >= 15 is 0 Å². The fourth-order valence-electron chi connectivity index (χ4n) is 1.93. The van der Waals surface area contributed by atoms with Crippen LogP contribution in [0, 0.1) is 6.92 Å². The van der Waals surface area contributed by atoms with Gasteiger partial charge in [0.25, 0.3) is 0 Å². The van der Waals surface area contributed by atoms with Gasteiger partial charge in [0.15, 0.2) is 4.34 Å². The van der Waals surface area contributed by atoms with Gasteiger partial charge in [-0.2, -0.15) is 0 Å². The minimum absolute atomic E-state index is 0.798. The second-order valence-corrected chi connectivity index (χ2v) is 6.74. The third-order valence-corrected chi connectivity index (χ3v) is 5.07. The zero-order valence-corrected chi connectivity index (χ0v) is 12.2. The molecule has 0 amide bonds. The van der Waals surface area contributed by atoms with E-state index in [1.807, 2.05) is 18.2 Å². The Morgan fingerprint density at radius 1 is 1.21 bits per heavy atom. The molecule has 2 nitrogen and oxygen atoms in total.